The first-order chi connectivity index (χ1) is 10.6. The average Bonchev–Trinajstić information content (AvgIpc) is 2.48. The van der Waals surface area contributed by atoms with Crippen LogP contribution < -0.4 is 16.0 Å². The highest BCUT2D eigenvalue weighted by atomic mass is 32.1. The fourth-order valence-electron chi connectivity index (χ4n) is 2.02. The van der Waals surface area contributed by atoms with Crippen molar-refractivity contribution in [2.75, 3.05) is 17.2 Å². The predicted octanol–water partition coefficient (Wildman–Crippen LogP) is 3.17. The maximum Gasteiger partial charge on any atom is 0.221 e. The number of thiocarbonyl (C=S) groups is 1. The molecule has 2 aromatic rings. The van der Waals surface area contributed by atoms with E-state index in [0.717, 1.165) is 24.3 Å². The van der Waals surface area contributed by atoms with Crippen molar-refractivity contribution < 1.29 is 4.79 Å². The molecule has 0 fully saturated rings. The minimum atomic E-state index is -0.0966. The monoisotopic (exact) mass is 313 g/mol. The molecule has 0 radical (unpaired) electrons. The van der Waals surface area contributed by atoms with Gasteiger partial charge in [-0.15, -0.1) is 0 Å². The second kappa shape index (κ2) is 8.14. The van der Waals surface area contributed by atoms with Gasteiger partial charge in [0.25, 0.3) is 0 Å². The zero-order chi connectivity index (χ0) is 15.8. The van der Waals surface area contributed by atoms with Gasteiger partial charge in [-0.1, -0.05) is 36.4 Å². The van der Waals surface area contributed by atoms with Gasteiger partial charge in [0.15, 0.2) is 5.11 Å². The molecule has 0 atom stereocenters. The molecular weight excluding hydrogens is 294 g/mol. The van der Waals surface area contributed by atoms with Crippen molar-refractivity contribution in [1.29, 1.82) is 0 Å². The van der Waals surface area contributed by atoms with E-state index in [4.69, 9.17) is 12.2 Å². The molecule has 0 spiro atoms. The van der Waals surface area contributed by atoms with Crippen LogP contribution in [-0.2, 0) is 11.2 Å². The summed E-state index contributed by atoms with van der Waals surface area (Å²) in [5, 5.41) is 9.59. The van der Waals surface area contributed by atoms with Gasteiger partial charge in [0.2, 0.25) is 5.91 Å². The number of hydrogen-bond donors (Lipinski definition) is 3. The van der Waals surface area contributed by atoms with Crippen LogP contribution in [0.3, 0.4) is 0 Å². The highest BCUT2D eigenvalue weighted by Gasteiger charge is 2.00. The molecule has 22 heavy (non-hydrogen) atoms. The molecule has 1 amide bonds. The first-order valence-corrected chi connectivity index (χ1v) is 7.51. The SMILES string of the molecule is CC(=O)Nc1cccc(NC(=S)NCCc2ccccc2)c1. The van der Waals surface area contributed by atoms with Crippen LogP contribution in [0, 0.1) is 0 Å². The number of rotatable bonds is 5. The molecule has 3 N–H and O–H groups in total. The Labute approximate surface area is 135 Å². The van der Waals surface area contributed by atoms with E-state index in [1.807, 2.05) is 42.5 Å². The van der Waals surface area contributed by atoms with Crippen molar-refractivity contribution in [3.63, 3.8) is 0 Å². The molecule has 0 bridgehead atoms. The van der Waals surface area contributed by atoms with Crippen molar-refractivity contribution >= 4 is 34.6 Å². The summed E-state index contributed by atoms with van der Waals surface area (Å²) in [5.74, 6) is -0.0966. The second-order valence-corrected chi connectivity index (χ2v) is 5.29. The largest absolute Gasteiger partial charge is 0.362 e. The van der Waals surface area contributed by atoms with Gasteiger partial charge in [-0.2, -0.15) is 0 Å². The quantitative estimate of drug-likeness (QED) is 0.742. The molecule has 0 aliphatic rings. The molecule has 2 rings (SSSR count). The fraction of sp³-hybridized carbons (Fsp3) is 0.176. The third-order valence-electron chi connectivity index (χ3n) is 2.98. The second-order valence-electron chi connectivity index (χ2n) is 4.88. The topological polar surface area (TPSA) is 53.2 Å². The number of benzene rings is 2. The van der Waals surface area contributed by atoms with E-state index in [1.165, 1.54) is 12.5 Å². The van der Waals surface area contributed by atoms with Crippen LogP contribution >= 0.6 is 12.2 Å². The van der Waals surface area contributed by atoms with Crippen LogP contribution in [0.1, 0.15) is 12.5 Å². The van der Waals surface area contributed by atoms with Gasteiger partial charge < -0.3 is 16.0 Å². The average molecular weight is 313 g/mol. The van der Waals surface area contributed by atoms with Crippen LogP contribution in [0.5, 0.6) is 0 Å². The highest BCUT2D eigenvalue weighted by Crippen LogP contribution is 2.14. The van der Waals surface area contributed by atoms with Crippen molar-refractivity contribution in [2.45, 2.75) is 13.3 Å². The van der Waals surface area contributed by atoms with E-state index < -0.39 is 0 Å². The third-order valence-corrected chi connectivity index (χ3v) is 3.23. The number of amides is 1. The molecule has 0 aliphatic heterocycles. The number of anilines is 2. The van der Waals surface area contributed by atoms with Crippen molar-refractivity contribution in [2.24, 2.45) is 0 Å². The zero-order valence-electron chi connectivity index (χ0n) is 12.4. The van der Waals surface area contributed by atoms with Crippen LogP contribution in [-0.4, -0.2) is 17.6 Å². The predicted molar refractivity (Wildman–Crippen MR) is 95.1 cm³/mol. The molecule has 0 saturated heterocycles. The lowest BCUT2D eigenvalue weighted by Crippen LogP contribution is -2.30. The molecule has 5 heteroatoms. The van der Waals surface area contributed by atoms with Gasteiger partial charge >= 0.3 is 0 Å². The highest BCUT2D eigenvalue weighted by molar-refractivity contribution is 7.80. The van der Waals surface area contributed by atoms with Gasteiger partial charge in [-0.3, -0.25) is 4.79 Å². The van der Waals surface area contributed by atoms with Crippen LogP contribution in [0.15, 0.2) is 54.6 Å². The Morgan fingerprint density at radius 1 is 1.00 bits per heavy atom. The van der Waals surface area contributed by atoms with E-state index in [2.05, 4.69) is 28.1 Å². The molecule has 4 nitrogen and oxygen atoms in total. The maximum absolute atomic E-state index is 11.1. The van der Waals surface area contributed by atoms with Crippen LogP contribution in [0.2, 0.25) is 0 Å². The van der Waals surface area contributed by atoms with Gasteiger partial charge in [0.05, 0.1) is 0 Å². The minimum absolute atomic E-state index is 0.0966. The molecule has 0 heterocycles. The fourth-order valence-corrected chi connectivity index (χ4v) is 2.24. The number of nitrogens with one attached hydrogen (secondary N) is 3. The Hall–Kier alpha value is -2.40. The third kappa shape index (κ3) is 5.54. The van der Waals surface area contributed by atoms with E-state index in [1.54, 1.807) is 0 Å². The summed E-state index contributed by atoms with van der Waals surface area (Å²) in [6.45, 7) is 2.25. The number of carbonyl (C=O) groups excluding carboxylic acids is 1. The Kier molecular flexibility index (Phi) is 5.91. The summed E-state index contributed by atoms with van der Waals surface area (Å²) in [6.07, 6.45) is 0.911. The normalized spacial score (nSPS) is 9.86. The molecule has 0 saturated carbocycles. The maximum atomic E-state index is 11.1. The van der Waals surface area contributed by atoms with Gasteiger partial charge in [0.1, 0.15) is 0 Å². The van der Waals surface area contributed by atoms with E-state index in [-0.39, 0.29) is 5.91 Å². The van der Waals surface area contributed by atoms with E-state index >= 15 is 0 Å². The summed E-state index contributed by atoms with van der Waals surface area (Å²) in [6, 6.07) is 17.7. The number of carbonyl (C=O) groups is 1. The first-order valence-electron chi connectivity index (χ1n) is 7.10. The van der Waals surface area contributed by atoms with Crippen LogP contribution in [0.4, 0.5) is 11.4 Å². The summed E-state index contributed by atoms with van der Waals surface area (Å²) < 4.78 is 0. The van der Waals surface area contributed by atoms with Gasteiger partial charge in [0, 0.05) is 24.8 Å². The van der Waals surface area contributed by atoms with E-state index in [9.17, 15) is 4.79 Å². The van der Waals surface area contributed by atoms with Crippen molar-refractivity contribution in [3.8, 4) is 0 Å². The zero-order valence-corrected chi connectivity index (χ0v) is 13.2. The molecule has 0 aliphatic carbocycles. The Morgan fingerprint density at radius 3 is 2.36 bits per heavy atom. The summed E-state index contributed by atoms with van der Waals surface area (Å²) in [4.78, 5) is 11.1. The summed E-state index contributed by atoms with van der Waals surface area (Å²) in [7, 11) is 0. The van der Waals surface area contributed by atoms with Crippen molar-refractivity contribution in [1.82, 2.24) is 5.32 Å². The van der Waals surface area contributed by atoms with Gasteiger partial charge in [-0.05, 0) is 42.4 Å². The Bertz CT molecular complexity index is 643. The molecular formula is C17H19N3OS. The molecule has 2 aromatic carbocycles. The molecule has 0 unspecified atom stereocenters. The summed E-state index contributed by atoms with van der Waals surface area (Å²) in [5.41, 5.74) is 2.85. The lowest BCUT2D eigenvalue weighted by atomic mass is 10.1. The van der Waals surface area contributed by atoms with E-state index in [0.29, 0.717) is 5.11 Å². The Balaban J connectivity index is 1.80. The lowest BCUT2D eigenvalue weighted by molar-refractivity contribution is -0.114. The van der Waals surface area contributed by atoms with Crippen molar-refractivity contribution in [3.05, 3.63) is 60.2 Å². The van der Waals surface area contributed by atoms with Gasteiger partial charge in [-0.25, -0.2) is 0 Å². The first kappa shape index (κ1) is 16.0. The smallest absolute Gasteiger partial charge is 0.221 e. The Morgan fingerprint density at radius 2 is 1.68 bits per heavy atom. The lowest BCUT2D eigenvalue weighted by Gasteiger charge is -2.11. The minimum Gasteiger partial charge on any atom is -0.362 e. The number of hydrogen-bond acceptors (Lipinski definition) is 2. The molecule has 0 aromatic heterocycles. The van der Waals surface area contributed by atoms with Crippen LogP contribution in [0.25, 0.3) is 0 Å². The summed E-state index contributed by atoms with van der Waals surface area (Å²) >= 11 is 5.27. The molecule has 114 valence electrons. The standard InChI is InChI=1S/C17H19N3OS/c1-13(21)19-15-8-5-9-16(12-15)20-17(22)18-11-10-14-6-3-2-4-7-14/h2-9,12H,10-11H2,1H3,(H,19,21)(H2,18,20,22).